The van der Waals surface area contributed by atoms with E-state index < -0.39 is 5.97 Å². The van der Waals surface area contributed by atoms with Crippen LogP contribution < -0.4 is 5.32 Å². The molecule has 2 aromatic carbocycles. The van der Waals surface area contributed by atoms with Gasteiger partial charge in [0, 0.05) is 15.8 Å². The molecule has 0 fully saturated rings. The van der Waals surface area contributed by atoms with E-state index in [1.54, 1.807) is 13.0 Å². The first-order valence-corrected chi connectivity index (χ1v) is 11.4. The van der Waals surface area contributed by atoms with Crippen LogP contribution >= 0.6 is 11.3 Å². The van der Waals surface area contributed by atoms with E-state index in [1.165, 1.54) is 11.3 Å². The molecule has 32 heavy (non-hydrogen) atoms. The summed E-state index contributed by atoms with van der Waals surface area (Å²) in [7, 11) is 0. The Morgan fingerprint density at radius 2 is 1.75 bits per heavy atom. The molecule has 1 N–H and O–H groups in total. The van der Waals surface area contributed by atoms with Crippen molar-refractivity contribution in [3.63, 3.8) is 0 Å². The van der Waals surface area contributed by atoms with Crippen molar-refractivity contribution in [1.82, 2.24) is 4.98 Å². The summed E-state index contributed by atoms with van der Waals surface area (Å²) in [4.78, 5) is 31.9. The molecule has 1 amide bonds. The standard InChI is InChI=1S/C26H24N2O3S/c1-4-18-16(3)32-25(23(18)26(30)31-5-2)28-24(29)20-15-22(17-11-7-6-8-12-17)27-21-14-10-9-13-19(20)21/h6-15H,4-5H2,1-3H3,(H,28,29). The molecule has 0 bridgehead atoms. The summed E-state index contributed by atoms with van der Waals surface area (Å²) in [5, 5.41) is 4.26. The summed E-state index contributed by atoms with van der Waals surface area (Å²) in [6.07, 6.45) is 0.683. The monoisotopic (exact) mass is 444 g/mol. The molecule has 0 saturated heterocycles. The average Bonchev–Trinajstić information content (AvgIpc) is 3.13. The molecule has 0 atom stereocenters. The minimum atomic E-state index is -0.409. The second-order valence-electron chi connectivity index (χ2n) is 7.31. The zero-order chi connectivity index (χ0) is 22.7. The maximum atomic E-state index is 13.5. The number of aromatic nitrogens is 1. The Bertz CT molecular complexity index is 1300. The molecular formula is C26H24N2O3S. The summed E-state index contributed by atoms with van der Waals surface area (Å²) < 4.78 is 5.27. The largest absolute Gasteiger partial charge is 0.462 e. The first-order valence-electron chi connectivity index (χ1n) is 10.6. The molecule has 2 heterocycles. The molecule has 0 aliphatic heterocycles. The number of thiophene rings is 1. The van der Waals surface area contributed by atoms with Crippen molar-refractivity contribution in [2.45, 2.75) is 27.2 Å². The van der Waals surface area contributed by atoms with Gasteiger partial charge in [0.2, 0.25) is 0 Å². The number of rotatable bonds is 6. The number of carbonyl (C=O) groups excluding carboxylic acids is 2. The molecule has 2 aromatic heterocycles. The van der Waals surface area contributed by atoms with Crippen LogP contribution in [0.5, 0.6) is 0 Å². The number of hydrogen-bond acceptors (Lipinski definition) is 5. The van der Waals surface area contributed by atoms with Gasteiger partial charge in [-0.3, -0.25) is 4.79 Å². The summed E-state index contributed by atoms with van der Waals surface area (Å²) >= 11 is 1.40. The van der Waals surface area contributed by atoms with Crippen LogP contribution in [0.2, 0.25) is 0 Å². The molecule has 0 aliphatic carbocycles. The first kappa shape index (κ1) is 21.7. The third-order valence-corrected chi connectivity index (χ3v) is 6.36. The maximum absolute atomic E-state index is 13.5. The van der Waals surface area contributed by atoms with Crippen molar-refractivity contribution in [2.24, 2.45) is 0 Å². The van der Waals surface area contributed by atoms with Crippen molar-refractivity contribution in [3.05, 3.63) is 82.2 Å². The lowest BCUT2D eigenvalue weighted by Gasteiger charge is -2.11. The highest BCUT2D eigenvalue weighted by atomic mass is 32.1. The van der Waals surface area contributed by atoms with Gasteiger partial charge in [0.05, 0.1) is 28.9 Å². The maximum Gasteiger partial charge on any atom is 0.341 e. The molecular weight excluding hydrogens is 420 g/mol. The van der Waals surface area contributed by atoms with Gasteiger partial charge in [-0.2, -0.15) is 0 Å². The lowest BCUT2D eigenvalue weighted by molar-refractivity contribution is 0.0527. The SMILES string of the molecule is CCOC(=O)c1c(NC(=O)c2cc(-c3ccccc3)nc3ccccc23)sc(C)c1CC. The smallest absolute Gasteiger partial charge is 0.341 e. The van der Waals surface area contributed by atoms with Gasteiger partial charge in [-0.05, 0) is 38.0 Å². The van der Waals surface area contributed by atoms with Gasteiger partial charge in [0.15, 0.2) is 0 Å². The Kier molecular flexibility index (Phi) is 6.32. The van der Waals surface area contributed by atoms with Gasteiger partial charge in [-0.25, -0.2) is 9.78 Å². The molecule has 162 valence electrons. The molecule has 4 rings (SSSR count). The Labute approximate surface area is 191 Å². The highest BCUT2D eigenvalue weighted by molar-refractivity contribution is 7.16. The predicted octanol–water partition coefficient (Wildman–Crippen LogP) is 6.26. The number of aryl methyl sites for hydroxylation is 1. The van der Waals surface area contributed by atoms with Gasteiger partial charge in [0.25, 0.3) is 5.91 Å². The van der Waals surface area contributed by atoms with Crippen LogP contribution in [0.3, 0.4) is 0 Å². The molecule has 0 radical (unpaired) electrons. The highest BCUT2D eigenvalue weighted by Crippen LogP contribution is 2.35. The van der Waals surface area contributed by atoms with Crippen molar-refractivity contribution in [3.8, 4) is 11.3 Å². The number of nitrogens with one attached hydrogen (secondary N) is 1. The highest BCUT2D eigenvalue weighted by Gasteiger charge is 2.24. The van der Waals surface area contributed by atoms with Gasteiger partial charge in [-0.15, -0.1) is 11.3 Å². The topological polar surface area (TPSA) is 68.3 Å². The minimum absolute atomic E-state index is 0.277. The quantitative estimate of drug-likeness (QED) is 0.356. The Morgan fingerprint density at radius 3 is 2.47 bits per heavy atom. The van der Waals surface area contributed by atoms with E-state index in [0.717, 1.165) is 32.6 Å². The zero-order valence-corrected chi connectivity index (χ0v) is 19.1. The number of carbonyl (C=O) groups is 2. The number of fused-ring (bicyclic) bond motifs is 1. The lowest BCUT2D eigenvalue weighted by atomic mass is 10.0. The summed E-state index contributed by atoms with van der Waals surface area (Å²) in [5.41, 5.74) is 4.26. The van der Waals surface area contributed by atoms with E-state index >= 15 is 0 Å². The van der Waals surface area contributed by atoms with E-state index in [4.69, 9.17) is 9.72 Å². The normalized spacial score (nSPS) is 10.8. The number of nitrogens with zero attached hydrogens (tertiary/aromatic N) is 1. The van der Waals surface area contributed by atoms with E-state index in [0.29, 0.717) is 22.5 Å². The number of para-hydroxylation sites is 1. The Hall–Kier alpha value is -3.51. The number of pyridine rings is 1. The number of anilines is 1. The summed E-state index contributed by atoms with van der Waals surface area (Å²) in [6, 6.07) is 19.1. The number of amides is 1. The van der Waals surface area contributed by atoms with E-state index in [-0.39, 0.29) is 12.5 Å². The van der Waals surface area contributed by atoms with Crippen molar-refractivity contribution in [2.75, 3.05) is 11.9 Å². The summed E-state index contributed by atoms with van der Waals surface area (Å²) in [5.74, 6) is -0.691. The predicted molar refractivity (Wildman–Crippen MR) is 130 cm³/mol. The minimum Gasteiger partial charge on any atom is -0.462 e. The molecule has 0 aliphatic rings. The second-order valence-corrected chi connectivity index (χ2v) is 8.53. The van der Waals surface area contributed by atoms with Crippen LogP contribution in [0.15, 0.2) is 60.7 Å². The fourth-order valence-corrected chi connectivity index (χ4v) is 4.93. The number of esters is 1. The van der Waals surface area contributed by atoms with E-state index in [9.17, 15) is 9.59 Å². The third kappa shape index (κ3) is 4.14. The van der Waals surface area contributed by atoms with Gasteiger partial charge >= 0.3 is 5.97 Å². The lowest BCUT2D eigenvalue weighted by Crippen LogP contribution is -2.16. The molecule has 5 nitrogen and oxygen atoms in total. The van der Waals surface area contributed by atoms with Gasteiger partial charge < -0.3 is 10.1 Å². The third-order valence-electron chi connectivity index (χ3n) is 5.30. The van der Waals surface area contributed by atoms with E-state index in [2.05, 4.69) is 5.32 Å². The van der Waals surface area contributed by atoms with Crippen LogP contribution in [0.25, 0.3) is 22.2 Å². The van der Waals surface area contributed by atoms with Crippen LogP contribution in [0, 0.1) is 6.92 Å². The molecule has 0 unspecified atom stereocenters. The fourth-order valence-electron chi connectivity index (χ4n) is 3.80. The number of ether oxygens (including phenoxy) is 1. The van der Waals surface area contributed by atoms with Crippen LogP contribution in [-0.4, -0.2) is 23.5 Å². The fraction of sp³-hybridized carbons (Fsp3) is 0.192. The van der Waals surface area contributed by atoms with Crippen molar-refractivity contribution < 1.29 is 14.3 Å². The second kappa shape index (κ2) is 9.32. The van der Waals surface area contributed by atoms with Crippen molar-refractivity contribution in [1.29, 1.82) is 0 Å². The molecule has 0 spiro atoms. The average molecular weight is 445 g/mol. The first-order chi connectivity index (χ1) is 15.5. The van der Waals surface area contributed by atoms with E-state index in [1.807, 2.05) is 68.4 Å². The van der Waals surface area contributed by atoms with Gasteiger partial charge in [0.1, 0.15) is 5.00 Å². The summed E-state index contributed by atoms with van der Waals surface area (Å²) in [6.45, 7) is 6.00. The van der Waals surface area contributed by atoms with Crippen LogP contribution in [-0.2, 0) is 11.2 Å². The molecule has 4 aromatic rings. The number of hydrogen-bond donors (Lipinski definition) is 1. The zero-order valence-electron chi connectivity index (χ0n) is 18.3. The Morgan fingerprint density at radius 1 is 1.03 bits per heavy atom. The van der Waals surface area contributed by atoms with Crippen LogP contribution in [0.4, 0.5) is 5.00 Å². The molecule has 6 heteroatoms. The number of benzene rings is 2. The van der Waals surface area contributed by atoms with Crippen LogP contribution in [0.1, 0.15) is 45.0 Å². The Balaban J connectivity index is 1.79. The molecule has 0 saturated carbocycles. The van der Waals surface area contributed by atoms with Crippen molar-refractivity contribution >= 4 is 39.1 Å². The van der Waals surface area contributed by atoms with Gasteiger partial charge in [-0.1, -0.05) is 55.5 Å².